The van der Waals surface area contributed by atoms with Gasteiger partial charge in [-0.3, -0.25) is 0 Å². The van der Waals surface area contributed by atoms with E-state index in [0.717, 1.165) is 28.4 Å². The van der Waals surface area contributed by atoms with Crippen molar-refractivity contribution in [2.75, 3.05) is 5.33 Å². The maximum absolute atomic E-state index is 5.34. The SMILES string of the molecule is Cc1ccc2c(CCBr)noc2c1C. The van der Waals surface area contributed by atoms with Gasteiger partial charge in [-0.2, -0.15) is 0 Å². The molecule has 0 aliphatic carbocycles. The summed E-state index contributed by atoms with van der Waals surface area (Å²) in [5.74, 6) is 0. The van der Waals surface area contributed by atoms with Crippen LogP contribution in [0.15, 0.2) is 16.7 Å². The van der Waals surface area contributed by atoms with Crippen LogP contribution in [0.2, 0.25) is 0 Å². The van der Waals surface area contributed by atoms with Gasteiger partial charge < -0.3 is 4.52 Å². The van der Waals surface area contributed by atoms with Crippen LogP contribution in [-0.4, -0.2) is 10.5 Å². The van der Waals surface area contributed by atoms with Gasteiger partial charge in [0.25, 0.3) is 0 Å². The minimum Gasteiger partial charge on any atom is -0.356 e. The van der Waals surface area contributed by atoms with Gasteiger partial charge in [0.2, 0.25) is 0 Å². The molecule has 1 heterocycles. The van der Waals surface area contributed by atoms with E-state index in [4.69, 9.17) is 4.52 Å². The second kappa shape index (κ2) is 3.73. The molecule has 0 aliphatic heterocycles. The van der Waals surface area contributed by atoms with Crippen molar-refractivity contribution in [3.05, 3.63) is 29.0 Å². The minimum absolute atomic E-state index is 0.912. The summed E-state index contributed by atoms with van der Waals surface area (Å²) in [6.45, 7) is 4.15. The molecule has 2 rings (SSSR count). The normalized spacial score (nSPS) is 11.1. The molecule has 2 aromatic rings. The second-order valence-electron chi connectivity index (χ2n) is 3.45. The molecule has 14 heavy (non-hydrogen) atoms. The maximum atomic E-state index is 5.34. The van der Waals surface area contributed by atoms with Gasteiger partial charge in [0.15, 0.2) is 5.58 Å². The number of halogens is 1. The number of aromatic nitrogens is 1. The van der Waals surface area contributed by atoms with Crippen molar-refractivity contribution in [1.82, 2.24) is 5.16 Å². The zero-order valence-corrected chi connectivity index (χ0v) is 9.89. The predicted molar refractivity (Wildman–Crippen MR) is 61.0 cm³/mol. The molecule has 1 aromatic heterocycles. The van der Waals surface area contributed by atoms with E-state index >= 15 is 0 Å². The highest BCUT2D eigenvalue weighted by atomic mass is 79.9. The fraction of sp³-hybridized carbons (Fsp3) is 0.364. The van der Waals surface area contributed by atoms with Gasteiger partial charge in [-0.05, 0) is 31.0 Å². The summed E-state index contributed by atoms with van der Waals surface area (Å²) >= 11 is 3.41. The molecular formula is C11H12BrNO. The molecule has 0 fully saturated rings. The van der Waals surface area contributed by atoms with Crippen LogP contribution >= 0.6 is 15.9 Å². The van der Waals surface area contributed by atoms with Crippen LogP contribution in [0.4, 0.5) is 0 Å². The van der Waals surface area contributed by atoms with Gasteiger partial charge in [-0.25, -0.2) is 0 Å². The Labute approximate surface area is 91.4 Å². The molecule has 0 unspecified atom stereocenters. The first-order chi connectivity index (χ1) is 6.74. The zero-order valence-electron chi connectivity index (χ0n) is 8.30. The van der Waals surface area contributed by atoms with Crippen molar-refractivity contribution >= 4 is 26.9 Å². The third-order valence-corrected chi connectivity index (χ3v) is 2.96. The Kier molecular flexibility index (Phi) is 2.59. The molecule has 0 amide bonds. The molecule has 0 saturated heterocycles. The number of benzene rings is 1. The molecule has 74 valence electrons. The fourth-order valence-electron chi connectivity index (χ4n) is 1.55. The Hall–Kier alpha value is -0.830. The maximum Gasteiger partial charge on any atom is 0.170 e. The van der Waals surface area contributed by atoms with Gasteiger partial charge in [0, 0.05) is 17.1 Å². The molecule has 1 aromatic carbocycles. The molecule has 0 bridgehead atoms. The first kappa shape index (κ1) is 9.71. The molecule has 2 nitrogen and oxygen atoms in total. The highest BCUT2D eigenvalue weighted by Crippen LogP contribution is 2.24. The van der Waals surface area contributed by atoms with Crippen molar-refractivity contribution in [2.24, 2.45) is 0 Å². The van der Waals surface area contributed by atoms with E-state index in [1.165, 1.54) is 11.1 Å². The Morgan fingerprint density at radius 1 is 1.36 bits per heavy atom. The summed E-state index contributed by atoms with van der Waals surface area (Å²) in [5.41, 5.74) is 4.41. The lowest BCUT2D eigenvalue weighted by Crippen LogP contribution is -1.86. The highest BCUT2D eigenvalue weighted by molar-refractivity contribution is 9.09. The summed E-state index contributed by atoms with van der Waals surface area (Å²) in [4.78, 5) is 0. The molecule has 0 atom stereocenters. The lowest BCUT2D eigenvalue weighted by atomic mass is 10.1. The van der Waals surface area contributed by atoms with Gasteiger partial charge in [-0.15, -0.1) is 0 Å². The quantitative estimate of drug-likeness (QED) is 0.768. The topological polar surface area (TPSA) is 26.0 Å². The average Bonchev–Trinajstić information content (AvgIpc) is 2.57. The molecule has 0 N–H and O–H groups in total. The standard InChI is InChI=1S/C11H12BrNO/c1-7-3-4-9-10(5-6-12)13-14-11(9)8(7)2/h3-4H,5-6H2,1-2H3. The molecule has 0 radical (unpaired) electrons. The Bertz CT molecular complexity index is 462. The molecule has 0 saturated carbocycles. The van der Waals surface area contributed by atoms with Crippen LogP contribution in [0.25, 0.3) is 11.0 Å². The summed E-state index contributed by atoms with van der Waals surface area (Å²) in [5, 5.41) is 6.15. The number of rotatable bonds is 2. The van der Waals surface area contributed by atoms with Crippen molar-refractivity contribution in [3.63, 3.8) is 0 Å². The van der Waals surface area contributed by atoms with Gasteiger partial charge in [-0.1, -0.05) is 27.2 Å². The van der Waals surface area contributed by atoms with E-state index in [2.05, 4.69) is 47.1 Å². The van der Waals surface area contributed by atoms with Gasteiger partial charge >= 0.3 is 0 Å². The number of aryl methyl sites for hydroxylation is 3. The number of hydrogen-bond acceptors (Lipinski definition) is 2. The zero-order chi connectivity index (χ0) is 10.1. The third kappa shape index (κ3) is 1.46. The predicted octanol–water partition coefficient (Wildman–Crippen LogP) is 3.38. The van der Waals surface area contributed by atoms with E-state index in [-0.39, 0.29) is 0 Å². The van der Waals surface area contributed by atoms with E-state index in [9.17, 15) is 0 Å². The van der Waals surface area contributed by atoms with Crippen LogP contribution in [0, 0.1) is 13.8 Å². The molecular weight excluding hydrogens is 242 g/mol. The largest absolute Gasteiger partial charge is 0.356 e. The van der Waals surface area contributed by atoms with Crippen LogP contribution in [0.5, 0.6) is 0 Å². The summed E-state index contributed by atoms with van der Waals surface area (Å²) < 4.78 is 5.34. The number of alkyl halides is 1. The number of fused-ring (bicyclic) bond motifs is 1. The smallest absolute Gasteiger partial charge is 0.170 e. The van der Waals surface area contributed by atoms with Crippen LogP contribution < -0.4 is 0 Å². The van der Waals surface area contributed by atoms with E-state index in [0.29, 0.717) is 0 Å². The average molecular weight is 254 g/mol. The first-order valence-electron chi connectivity index (χ1n) is 4.64. The van der Waals surface area contributed by atoms with Crippen molar-refractivity contribution in [2.45, 2.75) is 20.3 Å². The van der Waals surface area contributed by atoms with E-state index in [1.54, 1.807) is 0 Å². The van der Waals surface area contributed by atoms with Crippen LogP contribution in [0.3, 0.4) is 0 Å². The molecule has 0 aliphatic rings. The number of hydrogen-bond donors (Lipinski definition) is 0. The minimum atomic E-state index is 0.912. The van der Waals surface area contributed by atoms with Crippen LogP contribution in [-0.2, 0) is 6.42 Å². The molecule has 3 heteroatoms. The van der Waals surface area contributed by atoms with Crippen molar-refractivity contribution in [3.8, 4) is 0 Å². The lowest BCUT2D eigenvalue weighted by molar-refractivity contribution is 0.446. The Balaban J connectivity index is 2.64. The number of nitrogens with zero attached hydrogens (tertiary/aromatic N) is 1. The van der Waals surface area contributed by atoms with E-state index in [1.807, 2.05) is 0 Å². The lowest BCUT2D eigenvalue weighted by Gasteiger charge is -1.98. The van der Waals surface area contributed by atoms with Gasteiger partial charge in [0.1, 0.15) is 0 Å². The highest BCUT2D eigenvalue weighted by Gasteiger charge is 2.10. The first-order valence-corrected chi connectivity index (χ1v) is 5.76. The van der Waals surface area contributed by atoms with Crippen molar-refractivity contribution < 1.29 is 4.52 Å². The monoisotopic (exact) mass is 253 g/mol. The van der Waals surface area contributed by atoms with E-state index < -0.39 is 0 Å². The Morgan fingerprint density at radius 2 is 2.14 bits per heavy atom. The van der Waals surface area contributed by atoms with Gasteiger partial charge in [0.05, 0.1) is 5.69 Å². The molecule has 0 spiro atoms. The summed E-state index contributed by atoms with van der Waals surface area (Å²) in [6.07, 6.45) is 0.912. The van der Waals surface area contributed by atoms with Crippen molar-refractivity contribution in [1.29, 1.82) is 0 Å². The van der Waals surface area contributed by atoms with Crippen LogP contribution in [0.1, 0.15) is 16.8 Å². The third-order valence-electron chi connectivity index (χ3n) is 2.57. The summed E-state index contributed by atoms with van der Waals surface area (Å²) in [7, 11) is 0. The second-order valence-corrected chi connectivity index (χ2v) is 4.25. The Morgan fingerprint density at radius 3 is 2.86 bits per heavy atom. The summed E-state index contributed by atoms with van der Waals surface area (Å²) in [6, 6.07) is 4.21. The fourth-order valence-corrected chi connectivity index (χ4v) is 1.93.